The molecule has 8 heteroatoms. The molecule has 0 atom stereocenters. The molecule has 0 spiro atoms. The fraction of sp³-hybridized carbons (Fsp3) is 0.435. The summed E-state index contributed by atoms with van der Waals surface area (Å²) in [6.07, 6.45) is 2.94. The number of aldehydes is 1. The molecule has 0 amide bonds. The van der Waals surface area contributed by atoms with Crippen molar-refractivity contribution in [1.82, 2.24) is 4.98 Å². The van der Waals surface area contributed by atoms with Crippen molar-refractivity contribution in [2.24, 2.45) is 0 Å². The zero-order chi connectivity index (χ0) is 22.2. The molecule has 0 N–H and O–H groups in total. The van der Waals surface area contributed by atoms with E-state index in [1.54, 1.807) is 30.3 Å². The highest BCUT2D eigenvalue weighted by atomic mass is 16.7. The average molecular weight is 419 g/mol. The van der Waals surface area contributed by atoms with Gasteiger partial charge in [-0.1, -0.05) is 6.07 Å². The summed E-state index contributed by atoms with van der Waals surface area (Å²) in [5, 5.41) is 9.42. The first-order chi connectivity index (χ1) is 14.7. The number of pyridine rings is 1. The third-order valence-corrected chi connectivity index (χ3v) is 6.29. The molecule has 160 valence electrons. The Morgan fingerprint density at radius 2 is 1.81 bits per heavy atom. The van der Waals surface area contributed by atoms with Gasteiger partial charge in [-0.25, -0.2) is 0 Å². The minimum atomic E-state index is -0.631. The van der Waals surface area contributed by atoms with E-state index in [4.69, 9.17) is 14.0 Å². The summed E-state index contributed by atoms with van der Waals surface area (Å²) in [7, 11) is -0.631. The van der Waals surface area contributed by atoms with Gasteiger partial charge in [0, 0.05) is 24.7 Å². The molecule has 1 aromatic carbocycles. The number of hydrogen-bond acceptors (Lipinski definition) is 7. The molecule has 31 heavy (non-hydrogen) atoms. The lowest BCUT2D eigenvalue weighted by Gasteiger charge is -2.32. The molecule has 3 heterocycles. The van der Waals surface area contributed by atoms with Gasteiger partial charge in [-0.05, 0) is 64.2 Å². The van der Waals surface area contributed by atoms with Crippen LogP contribution < -0.4 is 15.1 Å². The second-order valence-corrected chi connectivity index (χ2v) is 8.93. The first-order valence-electron chi connectivity index (χ1n) is 10.5. The first-order valence-corrected chi connectivity index (χ1v) is 10.5. The van der Waals surface area contributed by atoms with Crippen molar-refractivity contribution < 1.29 is 18.8 Å². The van der Waals surface area contributed by atoms with E-state index in [0.717, 1.165) is 32.2 Å². The Labute approximate surface area is 183 Å². The van der Waals surface area contributed by atoms with Crippen molar-refractivity contribution >= 4 is 24.7 Å². The number of nitriles is 1. The zero-order valence-electron chi connectivity index (χ0n) is 18.3. The van der Waals surface area contributed by atoms with Crippen LogP contribution in [-0.4, -0.2) is 42.7 Å². The van der Waals surface area contributed by atoms with E-state index >= 15 is 0 Å². The van der Waals surface area contributed by atoms with E-state index < -0.39 is 18.3 Å². The lowest BCUT2D eigenvalue weighted by atomic mass is 9.76. The fourth-order valence-electron chi connectivity index (χ4n) is 3.77. The Hall–Kier alpha value is -2.89. The molecular formula is C23H26BN3O4. The van der Waals surface area contributed by atoms with Crippen molar-refractivity contribution in [2.45, 2.75) is 51.7 Å². The molecule has 0 aliphatic carbocycles. The van der Waals surface area contributed by atoms with Gasteiger partial charge in [0.15, 0.2) is 5.82 Å². The highest BCUT2D eigenvalue weighted by Gasteiger charge is 2.52. The summed E-state index contributed by atoms with van der Waals surface area (Å²) >= 11 is 0. The zero-order valence-corrected chi connectivity index (χ0v) is 18.3. The minimum Gasteiger partial charge on any atom is -0.439 e. The second-order valence-electron chi connectivity index (χ2n) is 8.93. The van der Waals surface area contributed by atoms with Crippen LogP contribution in [0.25, 0.3) is 0 Å². The van der Waals surface area contributed by atoms with Crippen LogP contribution in [0, 0.1) is 11.3 Å². The van der Waals surface area contributed by atoms with Crippen molar-refractivity contribution in [2.75, 3.05) is 18.0 Å². The van der Waals surface area contributed by atoms with Crippen LogP contribution in [0.3, 0.4) is 0 Å². The SMILES string of the molecule is CC1(C)OB(c2ccc(Oc3ccc(C#N)c(N4CCCC4)n3)cc2C=O)OC1(C)C. The highest BCUT2D eigenvalue weighted by Crippen LogP contribution is 2.37. The smallest absolute Gasteiger partial charge is 0.439 e. The summed E-state index contributed by atoms with van der Waals surface area (Å²) in [5.41, 5.74) is 0.631. The maximum Gasteiger partial charge on any atom is 0.495 e. The van der Waals surface area contributed by atoms with Crippen LogP contribution in [0.2, 0.25) is 0 Å². The van der Waals surface area contributed by atoms with Crippen LogP contribution in [0.4, 0.5) is 5.82 Å². The van der Waals surface area contributed by atoms with Crippen molar-refractivity contribution in [1.29, 1.82) is 5.26 Å². The molecule has 2 saturated heterocycles. The summed E-state index contributed by atoms with van der Waals surface area (Å²) in [6, 6.07) is 10.8. The minimum absolute atomic E-state index is 0.376. The van der Waals surface area contributed by atoms with Gasteiger partial charge in [0.05, 0.1) is 16.8 Å². The molecule has 2 fully saturated rings. The standard InChI is InChI=1S/C23H26BN3O4/c1-22(2)23(3,4)31-24(30-22)19-9-8-18(13-17(19)15-28)29-20-10-7-16(14-25)21(26-20)27-11-5-6-12-27/h7-10,13,15H,5-6,11-12H2,1-4H3. The van der Waals surface area contributed by atoms with Crippen molar-refractivity contribution in [3.05, 3.63) is 41.5 Å². The van der Waals surface area contributed by atoms with Crippen LogP contribution >= 0.6 is 0 Å². The molecular weight excluding hydrogens is 393 g/mol. The highest BCUT2D eigenvalue weighted by molar-refractivity contribution is 6.63. The Morgan fingerprint density at radius 1 is 1.13 bits per heavy atom. The van der Waals surface area contributed by atoms with E-state index in [1.165, 1.54) is 0 Å². The lowest BCUT2D eigenvalue weighted by Crippen LogP contribution is -2.41. The summed E-state index contributed by atoms with van der Waals surface area (Å²) in [6.45, 7) is 9.64. The van der Waals surface area contributed by atoms with E-state index in [-0.39, 0.29) is 0 Å². The fourth-order valence-corrected chi connectivity index (χ4v) is 3.77. The molecule has 0 radical (unpaired) electrons. The van der Waals surface area contributed by atoms with Gasteiger partial charge in [-0.15, -0.1) is 0 Å². The van der Waals surface area contributed by atoms with Crippen LogP contribution in [0.5, 0.6) is 11.6 Å². The van der Waals surface area contributed by atoms with E-state index in [1.807, 2.05) is 27.7 Å². The number of carbonyl (C=O) groups excluding carboxylic acids is 1. The molecule has 2 aromatic rings. The normalized spacial score (nSPS) is 19.3. The quantitative estimate of drug-likeness (QED) is 0.542. The van der Waals surface area contributed by atoms with Gasteiger partial charge < -0.3 is 18.9 Å². The number of rotatable bonds is 5. The third-order valence-electron chi connectivity index (χ3n) is 6.29. The molecule has 7 nitrogen and oxygen atoms in total. The molecule has 2 aliphatic heterocycles. The Morgan fingerprint density at radius 3 is 2.42 bits per heavy atom. The molecule has 2 aliphatic rings. The Kier molecular flexibility index (Phi) is 5.50. The number of hydrogen-bond donors (Lipinski definition) is 0. The predicted octanol–water partition coefficient (Wildman–Crippen LogP) is 3.46. The van der Waals surface area contributed by atoms with Gasteiger partial charge in [-0.3, -0.25) is 4.79 Å². The van der Waals surface area contributed by atoms with Crippen LogP contribution in [0.1, 0.15) is 56.5 Å². The van der Waals surface area contributed by atoms with E-state index in [2.05, 4.69) is 16.0 Å². The van der Waals surface area contributed by atoms with Gasteiger partial charge in [-0.2, -0.15) is 10.2 Å². The third kappa shape index (κ3) is 4.03. The number of ether oxygens (including phenoxy) is 1. The molecule has 0 unspecified atom stereocenters. The number of nitrogens with zero attached hydrogens (tertiary/aromatic N) is 3. The summed E-state index contributed by atoms with van der Waals surface area (Å²) in [5.74, 6) is 1.50. The molecule has 0 bridgehead atoms. The van der Waals surface area contributed by atoms with Gasteiger partial charge in [0.1, 0.15) is 18.1 Å². The molecule has 4 rings (SSSR count). The van der Waals surface area contributed by atoms with E-state index in [0.29, 0.717) is 34.0 Å². The number of anilines is 1. The first kappa shape index (κ1) is 21.4. The largest absolute Gasteiger partial charge is 0.495 e. The van der Waals surface area contributed by atoms with Gasteiger partial charge >= 0.3 is 7.12 Å². The summed E-state index contributed by atoms with van der Waals surface area (Å²) < 4.78 is 18.1. The lowest BCUT2D eigenvalue weighted by molar-refractivity contribution is 0.00578. The van der Waals surface area contributed by atoms with Gasteiger partial charge in [0.2, 0.25) is 5.88 Å². The van der Waals surface area contributed by atoms with Crippen LogP contribution in [-0.2, 0) is 9.31 Å². The van der Waals surface area contributed by atoms with Crippen LogP contribution in [0.15, 0.2) is 30.3 Å². The molecule has 0 saturated carbocycles. The summed E-state index contributed by atoms with van der Waals surface area (Å²) in [4.78, 5) is 18.5. The molecule has 1 aromatic heterocycles. The number of benzene rings is 1. The average Bonchev–Trinajstić information content (AvgIpc) is 3.34. The van der Waals surface area contributed by atoms with Crippen molar-refractivity contribution in [3.63, 3.8) is 0 Å². The second kappa shape index (κ2) is 7.99. The van der Waals surface area contributed by atoms with E-state index in [9.17, 15) is 10.1 Å². The number of aromatic nitrogens is 1. The van der Waals surface area contributed by atoms with Crippen molar-refractivity contribution in [3.8, 4) is 17.7 Å². The maximum atomic E-state index is 11.8. The maximum absolute atomic E-state index is 11.8. The Bertz CT molecular complexity index is 1030. The Balaban J connectivity index is 1.59. The van der Waals surface area contributed by atoms with Gasteiger partial charge in [0.25, 0.3) is 0 Å². The number of carbonyl (C=O) groups is 1. The predicted molar refractivity (Wildman–Crippen MR) is 118 cm³/mol. The topological polar surface area (TPSA) is 84.7 Å². The monoisotopic (exact) mass is 419 g/mol.